The van der Waals surface area contributed by atoms with E-state index in [9.17, 15) is 0 Å². The topological polar surface area (TPSA) is 98.0 Å². The van der Waals surface area contributed by atoms with Gasteiger partial charge in [-0.1, -0.05) is 13.0 Å². The molecular formula is C14H20N6O. The molecule has 21 heavy (non-hydrogen) atoms. The van der Waals surface area contributed by atoms with Crippen molar-refractivity contribution in [1.29, 1.82) is 0 Å². The molecule has 112 valence electrons. The summed E-state index contributed by atoms with van der Waals surface area (Å²) in [5.41, 5.74) is 3.60. The average Bonchev–Trinajstić information content (AvgIpc) is 2.53. The molecule has 2 heterocycles. The summed E-state index contributed by atoms with van der Waals surface area (Å²) in [6, 6.07) is 5.55. The van der Waals surface area contributed by atoms with Crippen molar-refractivity contribution in [3.05, 3.63) is 35.8 Å². The number of anilines is 2. The minimum absolute atomic E-state index is 0.598. The lowest BCUT2D eigenvalue weighted by atomic mass is 10.3. The third-order valence-electron chi connectivity index (χ3n) is 2.87. The molecule has 0 bridgehead atoms. The molecule has 2 rings (SSSR count). The fraction of sp³-hybridized carbons (Fsp3) is 0.357. The van der Waals surface area contributed by atoms with Gasteiger partial charge < -0.3 is 15.5 Å². The summed E-state index contributed by atoms with van der Waals surface area (Å²) < 4.78 is 5.03. The molecule has 4 N–H and O–H groups in total. The van der Waals surface area contributed by atoms with E-state index in [1.54, 1.807) is 19.4 Å². The van der Waals surface area contributed by atoms with Crippen molar-refractivity contribution in [3.8, 4) is 5.88 Å². The molecule has 0 amide bonds. The van der Waals surface area contributed by atoms with Crippen LogP contribution in [0.5, 0.6) is 5.88 Å². The third kappa shape index (κ3) is 4.28. The summed E-state index contributed by atoms with van der Waals surface area (Å²) in [6.07, 6.45) is 3.56. The minimum atomic E-state index is 0.598. The molecule has 2 aromatic heterocycles. The molecule has 7 nitrogen and oxygen atoms in total. The molecule has 0 aliphatic rings. The van der Waals surface area contributed by atoms with E-state index in [2.05, 4.69) is 32.6 Å². The summed E-state index contributed by atoms with van der Waals surface area (Å²) in [5, 5.41) is 3.24. The monoisotopic (exact) mass is 288 g/mol. The number of methoxy groups -OCH3 is 1. The van der Waals surface area contributed by atoms with Gasteiger partial charge in [0.05, 0.1) is 7.11 Å². The number of aryl methyl sites for hydroxylation is 1. The molecule has 0 aromatic carbocycles. The summed E-state index contributed by atoms with van der Waals surface area (Å²) in [4.78, 5) is 12.9. The van der Waals surface area contributed by atoms with Crippen molar-refractivity contribution in [2.24, 2.45) is 5.84 Å². The SMILES string of the molecule is CCCc1nc(NN)cc(NCc2ccc(OC)nc2)n1. The second-order valence-corrected chi connectivity index (χ2v) is 4.51. The van der Waals surface area contributed by atoms with Gasteiger partial charge in [-0.2, -0.15) is 0 Å². The Morgan fingerprint density at radius 1 is 1.24 bits per heavy atom. The quantitative estimate of drug-likeness (QED) is 0.527. The van der Waals surface area contributed by atoms with E-state index in [-0.39, 0.29) is 0 Å². The number of nitrogens with two attached hydrogens (primary N) is 1. The molecule has 0 atom stereocenters. The molecular weight excluding hydrogens is 268 g/mol. The van der Waals surface area contributed by atoms with E-state index in [4.69, 9.17) is 10.6 Å². The van der Waals surface area contributed by atoms with E-state index in [1.165, 1.54) is 0 Å². The van der Waals surface area contributed by atoms with Gasteiger partial charge in [0.2, 0.25) is 5.88 Å². The van der Waals surface area contributed by atoms with E-state index < -0.39 is 0 Å². The molecule has 0 saturated carbocycles. The van der Waals surface area contributed by atoms with Gasteiger partial charge in [-0.25, -0.2) is 20.8 Å². The predicted molar refractivity (Wildman–Crippen MR) is 82.0 cm³/mol. The first kappa shape index (κ1) is 15.0. The van der Waals surface area contributed by atoms with Crippen LogP contribution >= 0.6 is 0 Å². The fourth-order valence-corrected chi connectivity index (χ4v) is 1.83. The highest BCUT2D eigenvalue weighted by Crippen LogP contribution is 2.13. The molecule has 0 aliphatic heterocycles. The normalized spacial score (nSPS) is 10.2. The highest BCUT2D eigenvalue weighted by atomic mass is 16.5. The first-order chi connectivity index (χ1) is 10.2. The van der Waals surface area contributed by atoms with Gasteiger partial charge in [-0.3, -0.25) is 0 Å². The Morgan fingerprint density at radius 2 is 2.05 bits per heavy atom. The number of rotatable bonds is 7. The number of nitrogens with zero attached hydrogens (tertiary/aromatic N) is 3. The van der Waals surface area contributed by atoms with Crippen molar-refractivity contribution in [3.63, 3.8) is 0 Å². The second kappa shape index (κ2) is 7.39. The lowest BCUT2D eigenvalue weighted by molar-refractivity contribution is 0.397. The zero-order valence-corrected chi connectivity index (χ0v) is 12.3. The highest BCUT2D eigenvalue weighted by Gasteiger charge is 2.04. The number of ether oxygens (including phenoxy) is 1. The maximum atomic E-state index is 5.43. The molecule has 0 fully saturated rings. The third-order valence-corrected chi connectivity index (χ3v) is 2.87. The van der Waals surface area contributed by atoms with E-state index in [0.29, 0.717) is 18.2 Å². The first-order valence-electron chi connectivity index (χ1n) is 6.82. The summed E-state index contributed by atoms with van der Waals surface area (Å²) in [7, 11) is 1.59. The van der Waals surface area contributed by atoms with Gasteiger partial charge in [0.1, 0.15) is 17.5 Å². The van der Waals surface area contributed by atoms with Gasteiger partial charge >= 0.3 is 0 Å². The standard InChI is InChI=1S/C14H20N6O/c1-3-4-11-18-12(7-13(19-11)20-15)16-8-10-5-6-14(21-2)17-9-10/h5-7,9H,3-4,8,15H2,1-2H3,(H2,16,18,19,20). The largest absolute Gasteiger partial charge is 0.481 e. The van der Waals surface area contributed by atoms with Crippen molar-refractivity contribution < 1.29 is 4.74 Å². The summed E-state index contributed by atoms with van der Waals surface area (Å²) in [5.74, 6) is 8.13. The number of nitrogens with one attached hydrogen (secondary N) is 2. The van der Waals surface area contributed by atoms with E-state index in [0.717, 1.165) is 30.0 Å². The average molecular weight is 288 g/mol. The molecule has 0 spiro atoms. The molecule has 0 aliphatic carbocycles. The highest BCUT2D eigenvalue weighted by molar-refractivity contribution is 5.47. The van der Waals surface area contributed by atoms with Crippen LogP contribution in [0.25, 0.3) is 0 Å². The van der Waals surface area contributed by atoms with Crippen LogP contribution in [0.2, 0.25) is 0 Å². The maximum Gasteiger partial charge on any atom is 0.212 e. The second-order valence-electron chi connectivity index (χ2n) is 4.51. The van der Waals surface area contributed by atoms with Gasteiger partial charge in [0, 0.05) is 31.3 Å². The zero-order valence-electron chi connectivity index (χ0n) is 12.3. The Morgan fingerprint density at radius 3 is 2.67 bits per heavy atom. The lowest BCUT2D eigenvalue weighted by Crippen LogP contribution is -2.12. The Bertz CT molecular complexity index is 572. The van der Waals surface area contributed by atoms with Crippen LogP contribution in [0.1, 0.15) is 24.7 Å². The molecule has 0 radical (unpaired) electrons. The number of aromatic nitrogens is 3. The number of hydrogen-bond donors (Lipinski definition) is 3. The van der Waals surface area contributed by atoms with Crippen molar-refractivity contribution in [2.75, 3.05) is 17.9 Å². The van der Waals surface area contributed by atoms with Crippen LogP contribution < -0.4 is 21.3 Å². The van der Waals surface area contributed by atoms with Gasteiger partial charge in [-0.05, 0) is 12.0 Å². The van der Waals surface area contributed by atoms with E-state index >= 15 is 0 Å². The van der Waals surface area contributed by atoms with Gasteiger partial charge in [0.25, 0.3) is 0 Å². The smallest absolute Gasteiger partial charge is 0.212 e. The predicted octanol–water partition coefficient (Wildman–Crippen LogP) is 1.73. The lowest BCUT2D eigenvalue weighted by Gasteiger charge is -2.09. The Labute approximate surface area is 123 Å². The molecule has 7 heteroatoms. The van der Waals surface area contributed by atoms with Crippen molar-refractivity contribution >= 4 is 11.6 Å². The van der Waals surface area contributed by atoms with Crippen LogP contribution in [0.4, 0.5) is 11.6 Å². The van der Waals surface area contributed by atoms with Crippen LogP contribution in [0, 0.1) is 0 Å². The van der Waals surface area contributed by atoms with Crippen LogP contribution in [0.3, 0.4) is 0 Å². The summed E-state index contributed by atoms with van der Waals surface area (Å²) >= 11 is 0. The number of hydrazine groups is 1. The van der Waals surface area contributed by atoms with Gasteiger partial charge in [-0.15, -0.1) is 0 Å². The number of nitrogen functional groups attached to an aromatic ring is 1. The zero-order chi connectivity index (χ0) is 15.1. The molecule has 0 saturated heterocycles. The van der Waals surface area contributed by atoms with Crippen LogP contribution in [-0.4, -0.2) is 22.1 Å². The summed E-state index contributed by atoms with van der Waals surface area (Å²) in [6.45, 7) is 2.70. The Kier molecular flexibility index (Phi) is 5.28. The fourth-order valence-electron chi connectivity index (χ4n) is 1.83. The molecule has 2 aromatic rings. The maximum absolute atomic E-state index is 5.43. The Balaban J connectivity index is 2.05. The van der Waals surface area contributed by atoms with E-state index in [1.807, 2.05) is 12.1 Å². The van der Waals surface area contributed by atoms with Crippen LogP contribution in [0.15, 0.2) is 24.4 Å². The van der Waals surface area contributed by atoms with Crippen molar-refractivity contribution in [2.45, 2.75) is 26.3 Å². The van der Waals surface area contributed by atoms with Crippen LogP contribution in [-0.2, 0) is 13.0 Å². The van der Waals surface area contributed by atoms with Crippen molar-refractivity contribution in [1.82, 2.24) is 15.0 Å². The minimum Gasteiger partial charge on any atom is -0.481 e. The van der Waals surface area contributed by atoms with Gasteiger partial charge in [0.15, 0.2) is 0 Å². The molecule has 0 unspecified atom stereocenters. The number of hydrogen-bond acceptors (Lipinski definition) is 7. The Hall–Kier alpha value is -2.41. The number of pyridine rings is 1. The first-order valence-corrected chi connectivity index (χ1v) is 6.82.